The normalized spacial score (nSPS) is 10.8. The number of ether oxygens (including phenoxy) is 1. The largest absolute Gasteiger partial charge is 0.390 e. The molecule has 0 aliphatic heterocycles. The molecule has 0 radical (unpaired) electrons. The zero-order valence-corrected chi connectivity index (χ0v) is 14.2. The van der Waals surface area contributed by atoms with Crippen molar-refractivity contribution in [2.24, 2.45) is 0 Å². The van der Waals surface area contributed by atoms with Crippen LogP contribution < -0.4 is 5.32 Å². The highest BCUT2D eigenvalue weighted by Crippen LogP contribution is 2.19. The molecule has 2 N–H and O–H groups in total. The maximum Gasteiger partial charge on any atom is 0.230 e. The molecule has 8 heteroatoms. The Morgan fingerprint density at radius 3 is 2.83 bits per heavy atom. The average Bonchev–Trinajstić information content (AvgIpc) is 2.97. The summed E-state index contributed by atoms with van der Waals surface area (Å²) < 4.78 is 19.7. The molecule has 0 unspecified atom stereocenters. The molecule has 0 bridgehead atoms. The molecule has 2 rings (SSSR count). The molecule has 0 aliphatic carbocycles. The van der Waals surface area contributed by atoms with Gasteiger partial charge in [0.2, 0.25) is 5.91 Å². The summed E-state index contributed by atoms with van der Waals surface area (Å²) in [5.41, 5.74) is 1.43. The Labute approximate surface area is 144 Å². The van der Waals surface area contributed by atoms with Crippen LogP contribution in [0.25, 0.3) is 0 Å². The average molecular weight is 353 g/mol. The lowest BCUT2D eigenvalue weighted by molar-refractivity contribution is -0.118. The number of nitrogens with one attached hydrogen (secondary N) is 1. The van der Waals surface area contributed by atoms with E-state index in [2.05, 4.69) is 10.3 Å². The molecule has 1 aromatic carbocycles. The summed E-state index contributed by atoms with van der Waals surface area (Å²) in [5, 5.41) is 12.6. The van der Waals surface area contributed by atoms with Crippen LogP contribution in [-0.4, -0.2) is 46.6 Å². The number of aromatic nitrogens is 2. The Hall–Kier alpha value is -1.90. The van der Waals surface area contributed by atoms with E-state index in [0.717, 1.165) is 5.56 Å². The van der Waals surface area contributed by atoms with Gasteiger partial charge < -0.3 is 19.7 Å². The molecule has 1 heterocycles. The molecule has 24 heavy (non-hydrogen) atoms. The van der Waals surface area contributed by atoms with Gasteiger partial charge in [-0.2, -0.15) is 0 Å². The standard InChI is InChI=1S/C16H20FN3O3S/c1-23-7-6-18-15(22)11-24-16-19-14(10-21)9-20(16)8-12-2-4-13(17)5-3-12/h2-5,9,21H,6-8,10-11H2,1H3,(H,18,22). The van der Waals surface area contributed by atoms with Crippen LogP contribution in [0.4, 0.5) is 4.39 Å². The fraction of sp³-hybridized carbons (Fsp3) is 0.375. The van der Waals surface area contributed by atoms with Crippen molar-refractivity contribution in [3.63, 3.8) is 0 Å². The molecule has 0 aliphatic rings. The van der Waals surface area contributed by atoms with Crippen molar-refractivity contribution in [2.45, 2.75) is 18.3 Å². The highest BCUT2D eigenvalue weighted by atomic mass is 32.2. The van der Waals surface area contributed by atoms with E-state index >= 15 is 0 Å². The number of hydrogen-bond donors (Lipinski definition) is 2. The number of thioether (sulfide) groups is 1. The Balaban J connectivity index is 1.99. The van der Waals surface area contributed by atoms with Crippen molar-refractivity contribution < 1.29 is 19.0 Å². The number of amides is 1. The lowest BCUT2D eigenvalue weighted by atomic mass is 10.2. The molecule has 0 saturated heterocycles. The van der Waals surface area contributed by atoms with E-state index in [4.69, 9.17) is 4.74 Å². The number of hydrogen-bond acceptors (Lipinski definition) is 5. The number of aliphatic hydroxyl groups excluding tert-OH is 1. The van der Waals surface area contributed by atoms with Gasteiger partial charge >= 0.3 is 0 Å². The number of halogens is 1. The molecule has 130 valence electrons. The smallest absolute Gasteiger partial charge is 0.230 e. The lowest BCUT2D eigenvalue weighted by Gasteiger charge is -2.08. The van der Waals surface area contributed by atoms with E-state index in [1.54, 1.807) is 25.4 Å². The summed E-state index contributed by atoms with van der Waals surface area (Å²) in [6.07, 6.45) is 1.73. The van der Waals surface area contributed by atoms with Crippen LogP contribution in [0.5, 0.6) is 0 Å². The number of benzene rings is 1. The number of imidazole rings is 1. The van der Waals surface area contributed by atoms with Crippen molar-refractivity contribution in [2.75, 3.05) is 26.0 Å². The fourth-order valence-electron chi connectivity index (χ4n) is 2.02. The van der Waals surface area contributed by atoms with Crippen LogP contribution in [0.3, 0.4) is 0 Å². The summed E-state index contributed by atoms with van der Waals surface area (Å²) >= 11 is 1.29. The number of nitrogens with zero attached hydrogens (tertiary/aromatic N) is 2. The second-order valence-corrected chi connectivity index (χ2v) is 6.00. The second kappa shape index (κ2) is 9.41. The molecule has 0 spiro atoms. The molecule has 6 nitrogen and oxygen atoms in total. The van der Waals surface area contributed by atoms with Gasteiger partial charge in [-0.25, -0.2) is 9.37 Å². The summed E-state index contributed by atoms with van der Waals surface area (Å²) in [6, 6.07) is 6.18. The highest BCUT2D eigenvalue weighted by molar-refractivity contribution is 7.99. The van der Waals surface area contributed by atoms with Crippen LogP contribution in [0.1, 0.15) is 11.3 Å². The summed E-state index contributed by atoms with van der Waals surface area (Å²) in [4.78, 5) is 16.1. The molecule has 0 fully saturated rings. The minimum atomic E-state index is -0.289. The first-order valence-corrected chi connectivity index (χ1v) is 8.40. The zero-order valence-electron chi connectivity index (χ0n) is 13.4. The van der Waals surface area contributed by atoms with E-state index in [1.807, 2.05) is 4.57 Å². The van der Waals surface area contributed by atoms with Gasteiger partial charge in [-0.15, -0.1) is 0 Å². The first-order chi connectivity index (χ1) is 11.6. The van der Waals surface area contributed by atoms with E-state index < -0.39 is 0 Å². The monoisotopic (exact) mass is 353 g/mol. The number of carbonyl (C=O) groups is 1. The van der Waals surface area contributed by atoms with Crippen molar-refractivity contribution >= 4 is 17.7 Å². The van der Waals surface area contributed by atoms with E-state index in [0.29, 0.717) is 30.5 Å². The van der Waals surface area contributed by atoms with Gasteiger partial charge in [-0.05, 0) is 17.7 Å². The minimum absolute atomic E-state index is 0.112. The van der Waals surface area contributed by atoms with Crippen LogP contribution in [-0.2, 0) is 22.7 Å². The topological polar surface area (TPSA) is 76.4 Å². The predicted molar refractivity (Wildman–Crippen MR) is 89.3 cm³/mol. The van der Waals surface area contributed by atoms with Crippen molar-refractivity contribution in [1.29, 1.82) is 0 Å². The van der Waals surface area contributed by atoms with Gasteiger partial charge in [0.05, 0.1) is 24.7 Å². The van der Waals surface area contributed by atoms with Crippen molar-refractivity contribution in [3.05, 3.63) is 47.5 Å². The molecule has 0 saturated carbocycles. The fourth-order valence-corrected chi connectivity index (χ4v) is 2.84. The maximum atomic E-state index is 13.0. The highest BCUT2D eigenvalue weighted by Gasteiger charge is 2.11. The van der Waals surface area contributed by atoms with Gasteiger partial charge in [-0.1, -0.05) is 23.9 Å². The van der Waals surface area contributed by atoms with Gasteiger partial charge in [0.15, 0.2) is 5.16 Å². The van der Waals surface area contributed by atoms with Gasteiger partial charge in [0.1, 0.15) is 5.82 Å². The third-order valence-electron chi connectivity index (χ3n) is 3.18. The van der Waals surface area contributed by atoms with E-state index in [1.165, 1.54) is 23.9 Å². The van der Waals surface area contributed by atoms with Gasteiger partial charge in [-0.3, -0.25) is 4.79 Å². The van der Waals surface area contributed by atoms with Crippen molar-refractivity contribution in [3.8, 4) is 0 Å². The Morgan fingerprint density at radius 2 is 2.17 bits per heavy atom. The van der Waals surface area contributed by atoms with Crippen LogP contribution in [0.2, 0.25) is 0 Å². The first kappa shape index (κ1) is 18.4. The van der Waals surface area contributed by atoms with E-state index in [9.17, 15) is 14.3 Å². The zero-order chi connectivity index (χ0) is 17.4. The number of rotatable bonds is 9. The van der Waals surface area contributed by atoms with E-state index in [-0.39, 0.29) is 24.1 Å². The maximum absolute atomic E-state index is 13.0. The van der Waals surface area contributed by atoms with Crippen molar-refractivity contribution in [1.82, 2.24) is 14.9 Å². The minimum Gasteiger partial charge on any atom is -0.390 e. The third kappa shape index (κ3) is 5.63. The molecular weight excluding hydrogens is 333 g/mol. The molecule has 1 aromatic heterocycles. The van der Waals surface area contributed by atoms with Crippen LogP contribution in [0.15, 0.2) is 35.6 Å². The number of carbonyl (C=O) groups excluding carboxylic acids is 1. The summed E-state index contributed by atoms with van der Waals surface area (Å²) in [7, 11) is 1.57. The Bertz CT molecular complexity index is 661. The quantitative estimate of drug-likeness (QED) is 0.527. The Kier molecular flexibility index (Phi) is 7.23. The van der Waals surface area contributed by atoms with Gasteiger partial charge in [0.25, 0.3) is 0 Å². The summed E-state index contributed by atoms with van der Waals surface area (Å²) in [6.45, 7) is 1.23. The molecular formula is C16H20FN3O3S. The predicted octanol–water partition coefficient (Wildman–Crippen LogP) is 1.42. The summed E-state index contributed by atoms with van der Waals surface area (Å²) in [5.74, 6) is -0.184. The SMILES string of the molecule is COCCNC(=O)CSc1nc(CO)cn1Cc1ccc(F)cc1. The number of methoxy groups -OCH3 is 1. The number of aliphatic hydroxyl groups is 1. The molecule has 1 amide bonds. The third-order valence-corrected chi connectivity index (χ3v) is 4.17. The first-order valence-electron chi connectivity index (χ1n) is 7.42. The van der Waals surface area contributed by atoms with Crippen LogP contribution in [0, 0.1) is 5.82 Å². The lowest BCUT2D eigenvalue weighted by Crippen LogP contribution is -2.28. The Morgan fingerprint density at radius 1 is 1.42 bits per heavy atom. The van der Waals surface area contributed by atoms with Gasteiger partial charge in [0, 0.05) is 26.4 Å². The molecule has 0 atom stereocenters. The second-order valence-electron chi connectivity index (χ2n) is 5.06. The molecule has 2 aromatic rings. The van der Waals surface area contributed by atoms with Crippen LogP contribution >= 0.6 is 11.8 Å².